The van der Waals surface area contributed by atoms with Crippen molar-refractivity contribution in [2.24, 2.45) is 5.92 Å². The van der Waals surface area contributed by atoms with Gasteiger partial charge in [-0.05, 0) is 18.9 Å². The summed E-state index contributed by atoms with van der Waals surface area (Å²) < 4.78 is 39.0. The molecule has 1 aromatic rings. The van der Waals surface area contributed by atoms with Crippen LogP contribution in [0, 0.1) is 23.4 Å². The number of hydrogen-bond donors (Lipinski definition) is 0. The van der Waals surface area contributed by atoms with Gasteiger partial charge in [0.05, 0.1) is 0 Å². The Morgan fingerprint density at radius 3 is 2.44 bits per heavy atom. The third kappa shape index (κ3) is 2.00. The SMILES string of the molecule is O=C(C1CC1)C(Br)c1ccc(F)c(F)c1F. The van der Waals surface area contributed by atoms with E-state index in [1.807, 2.05) is 0 Å². The Kier molecular flexibility index (Phi) is 3.06. The second-order valence-electron chi connectivity index (χ2n) is 3.80. The van der Waals surface area contributed by atoms with E-state index in [0.29, 0.717) is 0 Å². The Bertz CT molecular complexity index is 443. The molecule has 2 rings (SSSR count). The predicted molar refractivity (Wildman–Crippen MR) is 55.7 cm³/mol. The van der Waals surface area contributed by atoms with E-state index in [2.05, 4.69) is 15.9 Å². The average molecular weight is 293 g/mol. The zero-order valence-corrected chi connectivity index (χ0v) is 9.73. The largest absolute Gasteiger partial charge is 0.298 e. The van der Waals surface area contributed by atoms with Crippen molar-refractivity contribution in [3.63, 3.8) is 0 Å². The maximum Gasteiger partial charge on any atom is 0.194 e. The summed E-state index contributed by atoms with van der Waals surface area (Å²) >= 11 is 3.02. The average Bonchev–Trinajstić information content (AvgIpc) is 3.08. The Balaban J connectivity index is 2.32. The van der Waals surface area contributed by atoms with Crippen molar-refractivity contribution in [2.75, 3.05) is 0 Å². The summed E-state index contributed by atoms with van der Waals surface area (Å²) in [6.45, 7) is 0. The molecule has 0 saturated heterocycles. The number of alkyl halides is 1. The standard InChI is InChI=1S/C11H8BrF3O/c12-8(11(16)5-1-2-5)6-3-4-7(13)10(15)9(6)14/h3-5,8H,1-2H2. The van der Waals surface area contributed by atoms with E-state index < -0.39 is 22.3 Å². The van der Waals surface area contributed by atoms with Crippen LogP contribution in [0.15, 0.2) is 12.1 Å². The smallest absolute Gasteiger partial charge is 0.194 e. The molecular formula is C11H8BrF3O. The van der Waals surface area contributed by atoms with Gasteiger partial charge >= 0.3 is 0 Å². The molecule has 1 aliphatic rings. The van der Waals surface area contributed by atoms with Gasteiger partial charge in [-0.2, -0.15) is 0 Å². The van der Waals surface area contributed by atoms with Crippen LogP contribution < -0.4 is 0 Å². The first-order valence-corrected chi connectivity index (χ1v) is 5.75. The molecule has 1 atom stereocenters. The summed E-state index contributed by atoms with van der Waals surface area (Å²) in [5, 5.41) is 0. The molecule has 0 aromatic heterocycles. The minimum absolute atomic E-state index is 0.0723. The molecule has 1 aromatic carbocycles. The number of ketones is 1. The van der Waals surface area contributed by atoms with Gasteiger partial charge in [0.2, 0.25) is 0 Å². The molecule has 0 aliphatic heterocycles. The van der Waals surface area contributed by atoms with Gasteiger partial charge in [-0.1, -0.05) is 22.0 Å². The van der Waals surface area contributed by atoms with E-state index >= 15 is 0 Å². The monoisotopic (exact) mass is 292 g/mol. The van der Waals surface area contributed by atoms with Crippen LogP contribution >= 0.6 is 15.9 Å². The number of rotatable bonds is 3. The number of Topliss-reactive ketones (excluding diaryl/α,β-unsaturated/α-hetero) is 1. The highest BCUT2D eigenvalue weighted by Crippen LogP contribution is 2.39. The van der Waals surface area contributed by atoms with Crippen molar-refractivity contribution in [1.29, 1.82) is 0 Å². The van der Waals surface area contributed by atoms with E-state index in [1.54, 1.807) is 0 Å². The van der Waals surface area contributed by atoms with E-state index in [0.717, 1.165) is 25.0 Å². The lowest BCUT2D eigenvalue weighted by Crippen LogP contribution is -2.11. The molecule has 0 radical (unpaired) electrons. The summed E-state index contributed by atoms with van der Waals surface area (Å²) in [7, 11) is 0. The molecule has 16 heavy (non-hydrogen) atoms. The number of carbonyl (C=O) groups excluding carboxylic acids is 1. The summed E-state index contributed by atoms with van der Waals surface area (Å²) in [5.74, 6) is -4.33. The second kappa shape index (κ2) is 4.20. The Labute approximate surface area is 98.8 Å². The topological polar surface area (TPSA) is 17.1 Å². The fraction of sp³-hybridized carbons (Fsp3) is 0.364. The zero-order valence-electron chi connectivity index (χ0n) is 8.14. The van der Waals surface area contributed by atoms with Crippen LogP contribution in [0.4, 0.5) is 13.2 Å². The lowest BCUT2D eigenvalue weighted by Gasteiger charge is -2.10. The van der Waals surface area contributed by atoms with Crippen molar-refractivity contribution in [2.45, 2.75) is 17.7 Å². The first-order valence-electron chi connectivity index (χ1n) is 4.83. The molecule has 1 aliphatic carbocycles. The van der Waals surface area contributed by atoms with Crippen molar-refractivity contribution >= 4 is 21.7 Å². The van der Waals surface area contributed by atoms with Crippen LogP contribution in [0.3, 0.4) is 0 Å². The van der Waals surface area contributed by atoms with Gasteiger partial charge < -0.3 is 0 Å². The van der Waals surface area contributed by atoms with Crippen molar-refractivity contribution in [3.8, 4) is 0 Å². The maximum absolute atomic E-state index is 13.4. The summed E-state index contributed by atoms with van der Waals surface area (Å²) in [5.41, 5.74) is -0.143. The molecule has 86 valence electrons. The quantitative estimate of drug-likeness (QED) is 0.615. The highest BCUT2D eigenvalue weighted by molar-refractivity contribution is 9.09. The van der Waals surface area contributed by atoms with E-state index in [1.165, 1.54) is 0 Å². The van der Waals surface area contributed by atoms with Crippen LogP contribution in [0.5, 0.6) is 0 Å². The number of hydrogen-bond acceptors (Lipinski definition) is 1. The third-order valence-electron chi connectivity index (χ3n) is 2.57. The van der Waals surface area contributed by atoms with Crippen molar-refractivity contribution < 1.29 is 18.0 Å². The normalized spacial score (nSPS) is 17.2. The molecule has 0 N–H and O–H groups in total. The van der Waals surface area contributed by atoms with Gasteiger partial charge in [0.25, 0.3) is 0 Å². The molecule has 0 spiro atoms. The summed E-state index contributed by atoms with van der Waals surface area (Å²) in [6, 6.07) is 1.91. The molecule has 0 heterocycles. The number of benzene rings is 1. The molecule has 1 saturated carbocycles. The molecule has 1 nitrogen and oxygen atoms in total. The molecule has 1 unspecified atom stereocenters. The van der Waals surface area contributed by atoms with E-state index in [4.69, 9.17) is 0 Å². The van der Waals surface area contributed by atoms with Crippen molar-refractivity contribution in [3.05, 3.63) is 35.1 Å². The predicted octanol–water partition coefficient (Wildman–Crippen LogP) is 3.52. The lowest BCUT2D eigenvalue weighted by molar-refractivity contribution is -0.119. The maximum atomic E-state index is 13.4. The van der Waals surface area contributed by atoms with Crippen LogP contribution in [0.1, 0.15) is 23.2 Å². The van der Waals surface area contributed by atoms with Gasteiger partial charge in [0, 0.05) is 11.5 Å². The first-order chi connectivity index (χ1) is 7.52. The number of carbonyl (C=O) groups is 1. The third-order valence-corrected chi connectivity index (χ3v) is 3.51. The van der Waals surface area contributed by atoms with Crippen LogP contribution in [-0.4, -0.2) is 5.78 Å². The van der Waals surface area contributed by atoms with Gasteiger partial charge in [-0.3, -0.25) is 4.79 Å². The Morgan fingerprint density at radius 1 is 1.25 bits per heavy atom. The molecule has 0 amide bonds. The van der Waals surface area contributed by atoms with E-state index in [-0.39, 0.29) is 17.3 Å². The van der Waals surface area contributed by atoms with Gasteiger partial charge in [-0.25, -0.2) is 13.2 Å². The zero-order chi connectivity index (χ0) is 11.9. The van der Waals surface area contributed by atoms with Crippen LogP contribution in [0.2, 0.25) is 0 Å². The highest BCUT2D eigenvalue weighted by Gasteiger charge is 2.35. The van der Waals surface area contributed by atoms with Crippen molar-refractivity contribution in [1.82, 2.24) is 0 Å². The van der Waals surface area contributed by atoms with Crippen LogP contribution in [0.25, 0.3) is 0 Å². The molecular weight excluding hydrogens is 285 g/mol. The molecule has 0 bridgehead atoms. The lowest BCUT2D eigenvalue weighted by atomic mass is 10.1. The van der Waals surface area contributed by atoms with Gasteiger partial charge in [-0.15, -0.1) is 0 Å². The minimum Gasteiger partial charge on any atom is -0.298 e. The fourth-order valence-corrected chi connectivity index (χ4v) is 2.19. The first kappa shape index (κ1) is 11.6. The van der Waals surface area contributed by atoms with Crippen LogP contribution in [-0.2, 0) is 4.79 Å². The minimum atomic E-state index is -1.54. The number of halogens is 4. The fourth-order valence-electron chi connectivity index (χ4n) is 1.46. The van der Waals surface area contributed by atoms with Gasteiger partial charge in [0.15, 0.2) is 23.2 Å². The second-order valence-corrected chi connectivity index (χ2v) is 4.72. The Hall–Kier alpha value is -0.840. The summed E-state index contributed by atoms with van der Waals surface area (Å²) in [6.07, 6.45) is 1.57. The van der Waals surface area contributed by atoms with E-state index in [9.17, 15) is 18.0 Å². The van der Waals surface area contributed by atoms with Gasteiger partial charge in [0.1, 0.15) is 4.83 Å². The summed E-state index contributed by atoms with van der Waals surface area (Å²) in [4.78, 5) is 10.7. The highest BCUT2D eigenvalue weighted by atomic mass is 79.9. The Morgan fingerprint density at radius 2 is 1.88 bits per heavy atom. The molecule has 5 heteroatoms. The molecule has 1 fully saturated rings.